The van der Waals surface area contributed by atoms with Gasteiger partial charge in [0.1, 0.15) is 10.1 Å². The monoisotopic (exact) mass is 470 g/mol. The lowest BCUT2D eigenvalue weighted by Gasteiger charge is -2.17. The van der Waals surface area contributed by atoms with E-state index in [4.69, 9.17) is 39.5 Å². The number of carbonyl (C=O) groups is 1. The van der Waals surface area contributed by atoms with Crippen molar-refractivity contribution in [1.29, 1.82) is 0 Å². The molecule has 1 aromatic carbocycles. The molecule has 29 heavy (non-hydrogen) atoms. The summed E-state index contributed by atoms with van der Waals surface area (Å²) in [6.07, 6.45) is -3.96. The van der Waals surface area contributed by atoms with E-state index in [1.54, 1.807) is 6.92 Å². The highest BCUT2D eigenvalue weighted by Crippen LogP contribution is 2.32. The first-order valence-corrected chi connectivity index (χ1v) is 8.96. The van der Waals surface area contributed by atoms with E-state index in [2.05, 4.69) is 0 Å². The zero-order valence-corrected chi connectivity index (χ0v) is 17.1. The summed E-state index contributed by atoms with van der Waals surface area (Å²) >= 11 is 17.4. The van der Waals surface area contributed by atoms with Crippen molar-refractivity contribution in [3.05, 3.63) is 65.4 Å². The van der Waals surface area contributed by atoms with Crippen LogP contribution >= 0.6 is 34.8 Å². The second-order valence-electron chi connectivity index (χ2n) is 5.56. The van der Waals surface area contributed by atoms with Gasteiger partial charge >= 0.3 is 17.8 Å². The molecule has 0 atom stereocenters. The first-order valence-electron chi connectivity index (χ1n) is 7.83. The minimum absolute atomic E-state index is 0.00517. The molecule has 0 fully saturated rings. The van der Waals surface area contributed by atoms with E-state index in [0.717, 1.165) is 13.1 Å². The summed E-state index contributed by atoms with van der Waals surface area (Å²) < 4.78 is 44.9. The van der Waals surface area contributed by atoms with E-state index in [-0.39, 0.29) is 27.4 Å². The molecule has 0 saturated heterocycles. The highest BCUT2D eigenvalue weighted by molar-refractivity contribution is 6.43. The fraction of sp³-hybridized carbons (Fsp3) is 0.235. The van der Waals surface area contributed by atoms with Crippen molar-refractivity contribution >= 4 is 46.8 Å². The van der Waals surface area contributed by atoms with Crippen LogP contribution in [0.2, 0.25) is 10.0 Å². The largest absolute Gasteiger partial charge is 0.462 e. The van der Waals surface area contributed by atoms with E-state index in [1.807, 2.05) is 0 Å². The van der Waals surface area contributed by atoms with E-state index >= 15 is 0 Å². The van der Waals surface area contributed by atoms with E-state index < -0.39 is 39.1 Å². The fourth-order valence-electron chi connectivity index (χ4n) is 2.45. The molecule has 0 N–H and O–H groups in total. The van der Waals surface area contributed by atoms with Crippen LogP contribution in [0.3, 0.4) is 0 Å². The van der Waals surface area contributed by atoms with Crippen LogP contribution in [0.25, 0.3) is 11.8 Å². The summed E-state index contributed by atoms with van der Waals surface area (Å²) in [6, 6.07) is 3.76. The lowest BCUT2D eigenvalue weighted by molar-refractivity contribution is -0.144. The van der Waals surface area contributed by atoms with Crippen molar-refractivity contribution in [3.63, 3.8) is 0 Å². The Bertz CT molecular complexity index is 1080. The standard InChI is InChI=1S/C17H12Cl3F3N2O4/c1-3-29-15(27)10(19)7-8-6-9(18)4-5-11(8)25-14(26)12(20)13(17(21,22)23)24(2)16(25)28/h4-7H,3H2,1-2H3/b10-7-. The van der Waals surface area contributed by atoms with Gasteiger partial charge in [-0.25, -0.2) is 14.2 Å². The number of esters is 1. The number of halogens is 6. The van der Waals surface area contributed by atoms with Crippen molar-refractivity contribution in [2.45, 2.75) is 13.1 Å². The number of alkyl halides is 3. The van der Waals surface area contributed by atoms with Gasteiger partial charge < -0.3 is 4.74 Å². The summed E-state index contributed by atoms with van der Waals surface area (Å²) in [6.45, 7) is 1.60. The van der Waals surface area contributed by atoms with Gasteiger partial charge in [-0.1, -0.05) is 34.8 Å². The maximum Gasteiger partial charge on any atom is 0.433 e. The fourth-order valence-corrected chi connectivity index (χ4v) is 3.12. The quantitative estimate of drug-likeness (QED) is 0.499. The summed E-state index contributed by atoms with van der Waals surface area (Å²) in [7, 11) is 0.823. The Morgan fingerprint density at radius 3 is 2.41 bits per heavy atom. The Kier molecular flexibility index (Phi) is 6.87. The van der Waals surface area contributed by atoms with E-state index in [9.17, 15) is 27.6 Å². The smallest absolute Gasteiger partial charge is 0.433 e. The predicted octanol–water partition coefficient (Wildman–Crippen LogP) is 4.00. The van der Waals surface area contributed by atoms with Gasteiger partial charge in [-0.2, -0.15) is 13.2 Å². The van der Waals surface area contributed by atoms with Gasteiger partial charge in [-0.3, -0.25) is 9.36 Å². The molecule has 0 radical (unpaired) electrons. The van der Waals surface area contributed by atoms with Crippen molar-refractivity contribution in [1.82, 2.24) is 9.13 Å². The van der Waals surface area contributed by atoms with Gasteiger partial charge in [0, 0.05) is 17.6 Å². The second-order valence-corrected chi connectivity index (χ2v) is 6.78. The second kappa shape index (κ2) is 8.64. The molecule has 2 aromatic rings. The third kappa shape index (κ3) is 4.68. The molecule has 0 bridgehead atoms. The van der Waals surface area contributed by atoms with Crippen molar-refractivity contribution in [2.24, 2.45) is 7.05 Å². The summed E-state index contributed by atoms with van der Waals surface area (Å²) in [4.78, 5) is 36.8. The molecule has 0 saturated carbocycles. The Labute approximate surface area is 176 Å². The van der Waals surface area contributed by atoms with Gasteiger partial charge in [0.05, 0.1) is 12.3 Å². The molecule has 2 rings (SSSR count). The third-order valence-electron chi connectivity index (χ3n) is 3.66. The van der Waals surface area contributed by atoms with Crippen LogP contribution in [-0.2, 0) is 22.8 Å². The van der Waals surface area contributed by atoms with Crippen LogP contribution in [0.5, 0.6) is 0 Å². The zero-order chi connectivity index (χ0) is 22.1. The molecule has 0 unspecified atom stereocenters. The number of rotatable bonds is 4. The first kappa shape index (κ1) is 23.1. The molecule has 1 aromatic heterocycles. The Balaban J connectivity index is 2.85. The molecule has 0 aliphatic heterocycles. The number of hydrogen-bond donors (Lipinski definition) is 0. The highest BCUT2D eigenvalue weighted by Gasteiger charge is 2.39. The SMILES string of the molecule is CCOC(=O)/C(Cl)=C/c1cc(Cl)ccc1-n1c(=O)c(Cl)c(C(F)(F)F)n(C)c1=O. The average Bonchev–Trinajstić information content (AvgIpc) is 2.61. The highest BCUT2D eigenvalue weighted by atomic mass is 35.5. The molecule has 6 nitrogen and oxygen atoms in total. The first-order chi connectivity index (χ1) is 13.4. The number of nitrogens with zero attached hydrogens (tertiary/aromatic N) is 2. The minimum atomic E-state index is -5.03. The molecule has 0 amide bonds. The van der Waals surface area contributed by atoms with Gasteiger partial charge in [-0.05, 0) is 31.2 Å². The van der Waals surface area contributed by atoms with Crippen molar-refractivity contribution < 1.29 is 22.7 Å². The number of benzene rings is 1. The Hall–Kier alpha value is -2.23. The number of hydrogen-bond acceptors (Lipinski definition) is 4. The number of aromatic nitrogens is 2. The minimum Gasteiger partial charge on any atom is -0.462 e. The summed E-state index contributed by atoms with van der Waals surface area (Å²) in [5.41, 5.74) is -4.47. The summed E-state index contributed by atoms with van der Waals surface area (Å²) in [5.74, 6) is -0.884. The van der Waals surface area contributed by atoms with Crippen molar-refractivity contribution in [3.8, 4) is 5.69 Å². The summed E-state index contributed by atoms with van der Waals surface area (Å²) in [5, 5.41) is -1.45. The maximum atomic E-state index is 13.2. The number of ether oxygens (including phenoxy) is 1. The van der Waals surface area contributed by atoms with Gasteiger partial charge in [0.25, 0.3) is 5.56 Å². The molecule has 0 spiro atoms. The Morgan fingerprint density at radius 2 is 1.86 bits per heavy atom. The lowest BCUT2D eigenvalue weighted by atomic mass is 10.1. The molecular weight excluding hydrogens is 460 g/mol. The van der Waals surface area contributed by atoms with Crippen LogP contribution in [0.1, 0.15) is 18.2 Å². The molecule has 12 heteroatoms. The lowest BCUT2D eigenvalue weighted by Crippen LogP contribution is -2.42. The molecule has 0 aliphatic carbocycles. The van der Waals surface area contributed by atoms with E-state index in [0.29, 0.717) is 4.57 Å². The molecule has 156 valence electrons. The topological polar surface area (TPSA) is 70.3 Å². The van der Waals surface area contributed by atoms with Crippen LogP contribution in [-0.4, -0.2) is 21.7 Å². The van der Waals surface area contributed by atoms with Crippen LogP contribution < -0.4 is 11.2 Å². The zero-order valence-electron chi connectivity index (χ0n) is 14.8. The normalized spacial score (nSPS) is 12.2. The average molecular weight is 472 g/mol. The molecule has 1 heterocycles. The van der Waals surface area contributed by atoms with Crippen LogP contribution in [0.15, 0.2) is 32.8 Å². The Morgan fingerprint density at radius 1 is 1.24 bits per heavy atom. The maximum absolute atomic E-state index is 13.2. The van der Waals surface area contributed by atoms with E-state index in [1.165, 1.54) is 18.2 Å². The van der Waals surface area contributed by atoms with Crippen LogP contribution in [0, 0.1) is 0 Å². The predicted molar refractivity (Wildman–Crippen MR) is 103 cm³/mol. The van der Waals surface area contributed by atoms with Gasteiger partial charge in [0.15, 0.2) is 5.69 Å². The van der Waals surface area contributed by atoms with Crippen LogP contribution in [0.4, 0.5) is 13.2 Å². The van der Waals surface area contributed by atoms with Gasteiger partial charge in [0.2, 0.25) is 0 Å². The van der Waals surface area contributed by atoms with Crippen molar-refractivity contribution in [2.75, 3.05) is 6.61 Å². The molecule has 0 aliphatic rings. The van der Waals surface area contributed by atoms with Gasteiger partial charge in [-0.15, -0.1) is 0 Å². The number of carbonyl (C=O) groups excluding carboxylic acids is 1. The third-order valence-corrected chi connectivity index (χ3v) is 4.50. The molecular formula is C17H12Cl3F3N2O4.